The third-order valence-electron chi connectivity index (χ3n) is 9.67. The highest BCUT2D eigenvalue weighted by atomic mass is 16.3. The van der Waals surface area contributed by atoms with Crippen molar-refractivity contribution in [1.29, 1.82) is 0 Å². The second kappa shape index (κ2) is 11.0. The molecular formula is C46H29NO2. The minimum absolute atomic E-state index is 0.868. The topological polar surface area (TPSA) is 29.5 Å². The highest BCUT2D eigenvalue weighted by Crippen LogP contribution is 2.44. The summed E-state index contributed by atoms with van der Waals surface area (Å²) in [7, 11) is 0. The number of anilines is 3. The van der Waals surface area contributed by atoms with Gasteiger partial charge in [-0.25, -0.2) is 0 Å². The third-order valence-corrected chi connectivity index (χ3v) is 9.67. The van der Waals surface area contributed by atoms with E-state index >= 15 is 0 Å². The van der Waals surface area contributed by atoms with Gasteiger partial charge in [-0.2, -0.15) is 0 Å². The Morgan fingerprint density at radius 2 is 0.857 bits per heavy atom. The first kappa shape index (κ1) is 27.5. The fraction of sp³-hybridized carbons (Fsp3) is 0. The smallest absolute Gasteiger partial charge is 0.137 e. The van der Waals surface area contributed by atoms with Gasteiger partial charge in [-0.05, 0) is 99.8 Å². The van der Waals surface area contributed by atoms with E-state index in [1.807, 2.05) is 24.3 Å². The largest absolute Gasteiger partial charge is 0.456 e. The molecule has 0 saturated heterocycles. The summed E-state index contributed by atoms with van der Waals surface area (Å²) < 4.78 is 12.5. The van der Waals surface area contributed by atoms with Gasteiger partial charge >= 0.3 is 0 Å². The Labute approximate surface area is 282 Å². The number of benzene rings is 8. The average Bonchev–Trinajstić information content (AvgIpc) is 3.74. The summed E-state index contributed by atoms with van der Waals surface area (Å²) in [6, 6.07) is 62.1. The summed E-state index contributed by atoms with van der Waals surface area (Å²) in [5, 5.41) is 6.95. The fourth-order valence-electron chi connectivity index (χ4n) is 7.25. The van der Waals surface area contributed by atoms with Gasteiger partial charge in [0.2, 0.25) is 0 Å². The van der Waals surface area contributed by atoms with Crippen LogP contribution in [0.1, 0.15) is 0 Å². The van der Waals surface area contributed by atoms with Crippen molar-refractivity contribution in [2.24, 2.45) is 0 Å². The molecule has 2 heterocycles. The molecule has 10 aromatic rings. The Bertz CT molecular complexity index is 2820. The van der Waals surface area contributed by atoms with Gasteiger partial charge in [-0.3, -0.25) is 0 Å². The molecule has 0 radical (unpaired) electrons. The molecule has 8 aromatic carbocycles. The van der Waals surface area contributed by atoms with E-state index in [-0.39, 0.29) is 0 Å². The number of furan rings is 2. The van der Waals surface area contributed by atoms with E-state index in [0.717, 1.165) is 72.1 Å². The predicted molar refractivity (Wildman–Crippen MR) is 204 cm³/mol. The molecule has 2 aromatic heterocycles. The Kier molecular flexibility index (Phi) is 6.18. The van der Waals surface area contributed by atoms with Gasteiger partial charge in [-0.15, -0.1) is 0 Å². The summed E-state index contributed by atoms with van der Waals surface area (Å²) in [5.41, 5.74) is 11.4. The summed E-state index contributed by atoms with van der Waals surface area (Å²) in [6.45, 7) is 0. The van der Waals surface area contributed by atoms with Crippen LogP contribution in [-0.4, -0.2) is 0 Å². The Balaban J connectivity index is 1.09. The first-order chi connectivity index (χ1) is 24.3. The van der Waals surface area contributed by atoms with Crippen LogP contribution in [0.5, 0.6) is 0 Å². The standard InChI is InChI=1S/C46H29NO2/c1-2-9-33-28-34(17-16-30(33)8-1)31-18-23-36(24-19-31)47(41-12-7-15-44-46(41)40-11-4-6-14-43(40)48-44)37-25-20-32(21-26-37)35-22-27-39-38-10-3-5-13-42(38)49-45(39)29-35/h1-29H. The predicted octanol–water partition coefficient (Wildman–Crippen LogP) is 13.4. The number of hydrogen-bond donors (Lipinski definition) is 0. The molecule has 0 amide bonds. The van der Waals surface area contributed by atoms with Crippen LogP contribution >= 0.6 is 0 Å². The van der Waals surface area contributed by atoms with Crippen LogP contribution in [0.4, 0.5) is 17.1 Å². The molecule has 0 N–H and O–H groups in total. The third kappa shape index (κ3) is 4.59. The molecule has 0 saturated carbocycles. The van der Waals surface area contributed by atoms with Crippen molar-refractivity contribution in [1.82, 2.24) is 0 Å². The zero-order valence-corrected chi connectivity index (χ0v) is 26.5. The van der Waals surface area contributed by atoms with E-state index in [0.29, 0.717) is 0 Å². The Morgan fingerprint density at radius 1 is 0.327 bits per heavy atom. The molecule has 3 nitrogen and oxygen atoms in total. The van der Waals surface area contributed by atoms with Gasteiger partial charge in [0.1, 0.15) is 22.3 Å². The van der Waals surface area contributed by atoms with Gasteiger partial charge in [0.05, 0.1) is 11.1 Å². The lowest BCUT2D eigenvalue weighted by molar-refractivity contribution is 0.668. The molecule has 0 spiro atoms. The first-order valence-corrected chi connectivity index (χ1v) is 16.6. The molecule has 0 aliphatic heterocycles. The molecule has 0 aliphatic carbocycles. The lowest BCUT2D eigenvalue weighted by Gasteiger charge is -2.26. The van der Waals surface area contributed by atoms with Crippen molar-refractivity contribution in [3.8, 4) is 22.3 Å². The maximum atomic E-state index is 6.33. The zero-order chi connectivity index (χ0) is 32.3. The second-order valence-corrected chi connectivity index (χ2v) is 12.5. The Hall–Kier alpha value is -6.58. The summed E-state index contributed by atoms with van der Waals surface area (Å²) >= 11 is 0. The second-order valence-electron chi connectivity index (χ2n) is 12.5. The van der Waals surface area contributed by atoms with Crippen molar-refractivity contribution in [3.63, 3.8) is 0 Å². The highest BCUT2D eigenvalue weighted by Gasteiger charge is 2.19. The number of para-hydroxylation sites is 2. The Morgan fingerprint density at radius 3 is 1.61 bits per heavy atom. The van der Waals surface area contributed by atoms with Crippen LogP contribution in [0.15, 0.2) is 185 Å². The van der Waals surface area contributed by atoms with Crippen LogP contribution < -0.4 is 4.90 Å². The SMILES string of the molecule is c1ccc2cc(-c3ccc(N(c4ccc(-c5ccc6c(c5)oc5ccccc56)cc4)c4cccc5oc6ccccc6c45)cc3)ccc2c1. The monoisotopic (exact) mass is 627 g/mol. The van der Waals surface area contributed by atoms with Crippen LogP contribution in [0, 0.1) is 0 Å². The van der Waals surface area contributed by atoms with Gasteiger partial charge < -0.3 is 13.7 Å². The molecule has 49 heavy (non-hydrogen) atoms. The van der Waals surface area contributed by atoms with E-state index in [9.17, 15) is 0 Å². The van der Waals surface area contributed by atoms with Crippen molar-refractivity contribution < 1.29 is 8.83 Å². The molecule has 3 heteroatoms. The van der Waals surface area contributed by atoms with Crippen molar-refractivity contribution in [2.75, 3.05) is 4.90 Å². The molecule has 0 unspecified atom stereocenters. The van der Waals surface area contributed by atoms with E-state index in [1.54, 1.807) is 0 Å². The molecule has 0 fully saturated rings. The lowest BCUT2D eigenvalue weighted by Crippen LogP contribution is -2.10. The molecule has 0 aliphatic rings. The van der Waals surface area contributed by atoms with Crippen LogP contribution in [0.2, 0.25) is 0 Å². The van der Waals surface area contributed by atoms with Gasteiger partial charge in [0.15, 0.2) is 0 Å². The van der Waals surface area contributed by atoms with E-state index in [1.165, 1.54) is 21.9 Å². The van der Waals surface area contributed by atoms with E-state index in [4.69, 9.17) is 8.83 Å². The molecule has 0 bridgehead atoms. The van der Waals surface area contributed by atoms with Gasteiger partial charge in [0, 0.05) is 27.5 Å². The van der Waals surface area contributed by atoms with Crippen LogP contribution in [0.3, 0.4) is 0 Å². The molecular weight excluding hydrogens is 599 g/mol. The summed E-state index contributed by atoms with van der Waals surface area (Å²) in [4.78, 5) is 2.33. The number of fused-ring (bicyclic) bond motifs is 7. The highest BCUT2D eigenvalue weighted by molar-refractivity contribution is 6.13. The van der Waals surface area contributed by atoms with Gasteiger partial charge in [0.25, 0.3) is 0 Å². The summed E-state index contributed by atoms with van der Waals surface area (Å²) in [5.74, 6) is 0. The maximum absolute atomic E-state index is 6.33. The minimum atomic E-state index is 0.868. The zero-order valence-electron chi connectivity index (χ0n) is 26.5. The van der Waals surface area contributed by atoms with Crippen molar-refractivity contribution >= 4 is 71.7 Å². The summed E-state index contributed by atoms with van der Waals surface area (Å²) in [6.07, 6.45) is 0. The van der Waals surface area contributed by atoms with Crippen LogP contribution in [-0.2, 0) is 0 Å². The van der Waals surface area contributed by atoms with Crippen molar-refractivity contribution in [2.45, 2.75) is 0 Å². The molecule has 0 atom stereocenters. The normalized spacial score (nSPS) is 11.7. The first-order valence-electron chi connectivity index (χ1n) is 16.6. The maximum Gasteiger partial charge on any atom is 0.137 e. The fourth-order valence-corrected chi connectivity index (χ4v) is 7.25. The number of rotatable bonds is 5. The van der Waals surface area contributed by atoms with Gasteiger partial charge in [-0.1, -0.05) is 109 Å². The van der Waals surface area contributed by atoms with E-state index in [2.05, 4.69) is 157 Å². The quantitative estimate of drug-likeness (QED) is 0.190. The number of nitrogens with zero attached hydrogens (tertiary/aromatic N) is 1. The van der Waals surface area contributed by atoms with Crippen molar-refractivity contribution in [3.05, 3.63) is 176 Å². The molecule has 10 rings (SSSR count). The number of hydrogen-bond acceptors (Lipinski definition) is 3. The van der Waals surface area contributed by atoms with Crippen LogP contribution in [0.25, 0.3) is 76.9 Å². The van der Waals surface area contributed by atoms with E-state index < -0.39 is 0 Å². The average molecular weight is 628 g/mol. The molecule has 230 valence electrons. The lowest BCUT2D eigenvalue weighted by atomic mass is 10.0. The minimum Gasteiger partial charge on any atom is -0.456 e.